The van der Waals surface area contributed by atoms with Crippen molar-refractivity contribution in [2.45, 2.75) is 38.1 Å². The first-order valence-corrected chi connectivity index (χ1v) is 8.95. The topological polar surface area (TPSA) is 99.9 Å². The van der Waals surface area contributed by atoms with Crippen molar-refractivity contribution < 1.29 is 23.9 Å². The van der Waals surface area contributed by atoms with Gasteiger partial charge in [-0.1, -0.05) is 12.1 Å². The zero-order valence-electron chi connectivity index (χ0n) is 15.1. The second kappa shape index (κ2) is 8.07. The highest BCUT2D eigenvalue weighted by molar-refractivity contribution is 6.00. The number of rotatable bonds is 5. The first-order chi connectivity index (χ1) is 13.0. The van der Waals surface area contributed by atoms with E-state index in [0.717, 1.165) is 12.8 Å². The molecular weight excluding hydrogens is 348 g/mol. The fraction of sp³-hybridized carbons (Fsp3) is 0.350. The molecule has 1 aromatic carbocycles. The van der Waals surface area contributed by atoms with Gasteiger partial charge in [-0.3, -0.25) is 14.4 Å². The molecule has 3 rings (SSSR count). The van der Waals surface area contributed by atoms with Gasteiger partial charge >= 0.3 is 5.97 Å². The van der Waals surface area contributed by atoms with Gasteiger partial charge in [0.2, 0.25) is 5.91 Å². The molecule has 1 aliphatic rings. The van der Waals surface area contributed by atoms with Crippen molar-refractivity contribution in [3.8, 4) is 0 Å². The summed E-state index contributed by atoms with van der Waals surface area (Å²) in [5, 5.41) is 11.9. The minimum absolute atomic E-state index is 0.224. The predicted molar refractivity (Wildman–Crippen MR) is 98.5 cm³/mol. The van der Waals surface area contributed by atoms with Crippen LogP contribution < -0.4 is 5.32 Å². The van der Waals surface area contributed by atoms with Gasteiger partial charge in [0.1, 0.15) is 6.04 Å². The van der Waals surface area contributed by atoms with Crippen LogP contribution in [0.1, 0.15) is 48.2 Å². The number of hydrogen-bond acceptors (Lipinski definition) is 4. The second-order valence-electron chi connectivity index (χ2n) is 6.66. The van der Waals surface area contributed by atoms with Crippen LogP contribution >= 0.6 is 0 Å². The van der Waals surface area contributed by atoms with Crippen LogP contribution in [0.2, 0.25) is 0 Å². The maximum absolute atomic E-state index is 12.7. The van der Waals surface area contributed by atoms with E-state index in [1.807, 2.05) is 0 Å². The smallest absolute Gasteiger partial charge is 0.310 e. The maximum Gasteiger partial charge on any atom is 0.310 e. The number of piperidine rings is 1. The zero-order chi connectivity index (χ0) is 19.4. The van der Waals surface area contributed by atoms with E-state index >= 15 is 0 Å². The molecule has 2 N–H and O–H groups in total. The number of benzene rings is 1. The van der Waals surface area contributed by atoms with E-state index in [1.165, 1.54) is 6.26 Å². The molecule has 0 radical (unpaired) electrons. The fourth-order valence-corrected chi connectivity index (χ4v) is 3.21. The molecule has 1 aliphatic heterocycles. The maximum atomic E-state index is 12.7. The Balaban J connectivity index is 1.70. The minimum atomic E-state index is -0.902. The number of likely N-dealkylation sites (tertiary alicyclic amines) is 1. The van der Waals surface area contributed by atoms with Gasteiger partial charge in [0.05, 0.1) is 12.2 Å². The Morgan fingerprint density at radius 2 is 1.93 bits per heavy atom. The number of carboxylic acids is 1. The van der Waals surface area contributed by atoms with Gasteiger partial charge < -0.3 is 19.7 Å². The molecule has 7 nitrogen and oxygen atoms in total. The fourth-order valence-electron chi connectivity index (χ4n) is 3.21. The Kier molecular flexibility index (Phi) is 5.59. The van der Waals surface area contributed by atoms with Crippen LogP contribution in [0.3, 0.4) is 0 Å². The predicted octanol–water partition coefficient (Wildman–Crippen LogP) is 3.10. The van der Waals surface area contributed by atoms with Gasteiger partial charge in [-0.2, -0.15) is 0 Å². The highest BCUT2D eigenvalue weighted by Gasteiger charge is 2.33. The van der Waals surface area contributed by atoms with Gasteiger partial charge in [0, 0.05) is 12.2 Å². The van der Waals surface area contributed by atoms with E-state index in [9.17, 15) is 14.4 Å². The van der Waals surface area contributed by atoms with Gasteiger partial charge in [-0.05, 0) is 56.0 Å². The molecule has 2 heterocycles. The summed E-state index contributed by atoms with van der Waals surface area (Å²) in [6, 6.07) is 9.39. The van der Waals surface area contributed by atoms with Crippen LogP contribution in [0.4, 0.5) is 5.69 Å². The van der Waals surface area contributed by atoms with Crippen LogP contribution in [0.25, 0.3) is 0 Å². The van der Waals surface area contributed by atoms with E-state index in [2.05, 4.69) is 5.32 Å². The number of furan rings is 1. The molecule has 1 saturated heterocycles. The van der Waals surface area contributed by atoms with Crippen LogP contribution in [0, 0.1) is 0 Å². The first-order valence-electron chi connectivity index (χ1n) is 8.95. The van der Waals surface area contributed by atoms with Crippen molar-refractivity contribution in [3.05, 3.63) is 54.0 Å². The Morgan fingerprint density at radius 3 is 2.56 bits per heavy atom. The third-order valence-electron chi connectivity index (χ3n) is 4.85. The number of carbonyl (C=O) groups excluding carboxylic acids is 2. The van der Waals surface area contributed by atoms with Crippen molar-refractivity contribution in [1.82, 2.24) is 4.90 Å². The molecule has 7 heteroatoms. The normalized spacial score (nSPS) is 18.0. The van der Waals surface area contributed by atoms with Gasteiger partial charge in [0.25, 0.3) is 5.91 Å². The number of nitrogens with zero attached hydrogens (tertiary/aromatic N) is 1. The Bertz CT molecular complexity index is 813. The van der Waals surface area contributed by atoms with Gasteiger partial charge in [-0.15, -0.1) is 0 Å². The average molecular weight is 370 g/mol. The summed E-state index contributed by atoms with van der Waals surface area (Å²) in [6.45, 7) is 2.11. The molecule has 2 atom stereocenters. The van der Waals surface area contributed by atoms with E-state index in [1.54, 1.807) is 48.2 Å². The summed E-state index contributed by atoms with van der Waals surface area (Å²) < 4.78 is 5.18. The van der Waals surface area contributed by atoms with Crippen LogP contribution in [0.15, 0.2) is 47.1 Å². The van der Waals surface area contributed by atoms with Crippen LogP contribution in [0.5, 0.6) is 0 Å². The first kappa shape index (κ1) is 18.7. The minimum Gasteiger partial charge on any atom is -0.481 e. The summed E-state index contributed by atoms with van der Waals surface area (Å²) >= 11 is 0. The Morgan fingerprint density at radius 1 is 1.19 bits per heavy atom. The molecule has 1 fully saturated rings. The van der Waals surface area contributed by atoms with E-state index < -0.39 is 17.9 Å². The number of carboxylic acid groups (broad SMARTS) is 1. The third kappa shape index (κ3) is 4.19. The number of aliphatic carboxylic acids is 1. The molecule has 0 spiro atoms. The number of hydrogen-bond donors (Lipinski definition) is 2. The number of amides is 2. The Labute approximate surface area is 157 Å². The summed E-state index contributed by atoms with van der Waals surface area (Å²) in [7, 11) is 0. The SMILES string of the molecule is CC(C(=O)O)c1ccc(NC(=O)C2CCCCN2C(=O)c2ccco2)cc1. The molecular formula is C20H22N2O5. The third-order valence-corrected chi connectivity index (χ3v) is 4.85. The lowest BCUT2D eigenvalue weighted by molar-refractivity contribution is -0.138. The highest BCUT2D eigenvalue weighted by Crippen LogP contribution is 2.23. The Hall–Kier alpha value is -3.09. The lowest BCUT2D eigenvalue weighted by Gasteiger charge is -2.34. The molecule has 2 amide bonds. The zero-order valence-corrected chi connectivity index (χ0v) is 15.1. The molecule has 2 unspecified atom stereocenters. The summed E-state index contributed by atoms with van der Waals surface area (Å²) in [4.78, 5) is 38.0. The molecule has 0 aliphatic carbocycles. The average Bonchev–Trinajstić information content (AvgIpc) is 3.22. The molecule has 142 valence electrons. The van der Waals surface area contributed by atoms with Crippen LogP contribution in [-0.2, 0) is 9.59 Å². The quantitative estimate of drug-likeness (QED) is 0.842. The molecule has 0 bridgehead atoms. The van der Waals surface area contributed by atoms with Crippen molar-refractivity contribution in [2.75, 3.05) is 11.9 Å². The number of anilines is 1. The standard InChI is InChI=1S/C20H22N2O5/c1-13(20(25)26)14-7-9-15(10-8-14)21-18(23)16-5-2-3-11-22(16)19(24)17-6-4-12-27-17/h4,6-10,12-13,16H,2-3,5,11H2,1H3,(H,21,23)(H,25,26). The van der Waals surface area contributed by atoms with Crippen molar-refractivity contribution >= 4 is 23.5 Å². The van der Waals surface area contributed by atoms with Gasteiger partial charge in [-0.25, -0.2) is 0 Å². The number of nitrogens with one attached hydrogen (secondary N) is 1. The summed E-state index contributed by atoms with van der Waals surface area (Å²) in [5.41, 5.74) is 1.23. The lowest BCUT2D eigenvalue weighted by Crippen LogP contribution is -2.49. The molecule has 2 aromatic rings. The summed E-state index contributed by atoms with van der Waals surface area (Å²) in [5.74, 6) is -1.84. The lowest BCUT2D eigenvalue weighted by atomic mass is 10.00. The highest BCUT2D eigenvalue weighted by atomic mass is 16.4. The monoisotopic (exact) mass is 370 g/mol. The van der Waals surface area contributed by atoms with Crippen molar-refractivity contribution in [3.63, 3.8) is 0 Å². The molecule has 0 saturated carbocycles. The van der Waals surface area contributed by atoms with Crippen molar-refractivity contribution in [1.29, 1.82) is 0 Å². The second-order valence-corrected chi connectivity index (χ2v) is 6.66. The van der Waals surface area contributed by atoms with Crippen molar-refractivity contribution in [2.24, 2.45) is 0 Å². The van der Waals surface area contributed by atoms with Gasteiger partial charge in [0.15, 0.2) is 5.76 Å². The molecule has 27 heavy (non-hydrogen) atoms. The van der Waals surface area contributed by atoms with E-state index in [0.29, 0.717) is 24.2 Å². The summed E-state index contributed by atoms with van der Waals surface area (Å²) in [6.07, 6.45) is 3.74. The van der Waals surface area contributed by atoms with E-state index in [4.69, 9.17) is 9.52 Å². The molecule has 1 aromatic heterocycles. The van der Waals surface area contributed by atoms with E-state index in [-0.39, 0.29) is 17.6 Å². The van der Waals surface area contributed by atoms with Crippen LogP contribution in [-0.4, -0.2) is 40.4 Å². The largest absolute Gasteiger partial charge is 0.481 e. The number of carbonyl (C=O) groups is 3.